The van der Waals surface area contributed by atoms with Crippen molar-refractivity contribution in [2.24, 2.45) is 0 Å². The summed E-state index contributed by atoms with van der Waals surface area (Å²) in [6.45, 7) is 7.24. The highest BCUT2D eigenvalue weighted by molar-refractivity contribution is 5.77. The number of hydrogen-bond acceptors (Lipinski definition) is 4. The topological polar surface area (TPSA) is 48.1 Å². The molecule has 1 atom stereocenters. The van der Waals surface area contributed by atoms with E-state index in [4.69, 9.17) is 4.74 Å². The number of morpholine rings is 1. The van der Waals surface area contributed by atoms with E-state index in [1.165, 1.54) is 0 Å². The van der Waals surface area contributed by atoms with Gasteiger partial charge in [-0.15, -0.1) is 0 Å². The molecule has 6 heteroatoms. The molecule has 0 aliphatic carbocycles. The number of nitrogens with zero attached hydrogens (tertiary/aromatic N) is 3. The SMILES string of the molecule is CN1CCOC(CN2CCN(C3CCNCC3)C2=O)C1. The third kappa shape index (κ3) is 3.07. The molecular formula is C14H26N4O2. The number of nitrogens with one attached hydrogen (secondary N) is 1. The smallest absolute Gasteiger partial charge is 0.320 e. The van der Waals surface area contributed by atoms with Crippen LogP contribution in [0, 0.1) is 0 Å². The molecule has 1 N–H and O–H groups in total. The van der Waals surface area contributed by atoms with Crippen LogP contribution in [0.2, 0.25) is 0 Å². The molecule has 0 aromatic carbocycles. The fraction of sp³-hybridized carbons (Fsp3) is 0.929. The van der Waals surface area contributed by atoms with E-state index in [0.717, 1.165) is 65.3 Å². The van der Waals surface area contributed by atoms with Crippen LogP contribution < -0.4 is 5.32 Å². The third-order valence-electron chi connectivity index (χ3n) is 4.64. The van der Waals surface area contributed by atoms with Crippen LogP contribution in [0.25, 0.3) is 0 Å². The molecule has 0 radical (unpaired) electrons. The minimum Gasteiger partial charge on any atom is -0.374 e. The van der Waals surface area contributed by atoms with Gasteiger partial charge in [0.05, 0.1) is 12.7 Å². The second-order valence-corrected chi connectivity index (χ2v) is 6.16. The molecule has 3 aliphatic heterocycles. The van der Waals surface area contributed by atoms with Crippen LogP contribution in [0.4, 0.5) is 4.79 Å². The van der Waals surface area contributed by atoms with Crippen molar-refractivity contribution in [3.63, 3.8) is 0 Å². The first-order chi connectivity index (χ1) is 9.74. The lowest BCUT2D eigenvalue weighted by atomic mass is 10.1. The average Bonchev–Trinajstić information content (AvgIpc) is 2.81. The second kappa shape index (κ2) is 6.28. The molecule has 2 amide bonds. The molecule has 114 valence electrons. The lowest BCUT2D eigenvalue weighted by Gasteiger charge is -2.34. The Morgan fingerprint density at radius 3 is 2.80 bits per heavy atom. The predicted octanol–water partition coefficient (Wildman–Crippen LogP) is -0.193. The van der Waals surface area contributed by atoms with Crippen molar-refractivity contribution in [2.45, 2.75) is 25.0 Å². The largest absolute Gasteiger partial charge is 0.374 e. The summed E-state index contributed by atoms with van der Waals surface area (Å²) in [7, 11) is 2.11. The lowest BCUT2D eigenvalue weighted by molar-refractivity contribution is -0.0290. The van der Waals surface area contributed by atoms with Gasteiger partial charge in [0.25, 0.3) is 0 Å². The van der Waals surface area contributed by atoms with Crippen LogP contribution in [0.1, 0.15) is 12.8 Å². The summed E-state index contributed by atoms with van der Waals surface area (Å²) < 4.78 is 5.78. The first-order valence-corrected chi connectivity index (χ1v) is 7.80. The van der Waals surface area contributed by atoms with Crippen molar-refractivity contribution < 1.29 is 9.53 Å². The van der Waals surface area contributed by atoms with Crippen molar-refractivity contribution in [1.29, 1.82) is 0 Å². The number of carbonyl (C=O) groups is 1. The molecular weight excluding hydrogens is 256 g/mol. The fourth-order valence-electron chi connectivity index (χ4n) is 3.45. The van der Waals surface area contributed by atoms with Gasteiger partial charge < -0.3 is 24.8 Å². The maximum absolute atomic E-state index is 12.5. The number of ether oxygens (including phenoxy) is 1. The van der Waals surface area contributed by atoms with Gasteiger partial charge in [-0.25, -0.2) is 4.79 Å². The zero-order valence-corrected chi connectivity index (χ0v) is 12.4. The van der Waals surface area contributed by atoms with E-state index < -0.39 is 0 Å². The Kier molecular flexibility index (Phi) is 4.43. The van der Waals surface area contributed by atoms with Crippen molar-refractivity contribution in [3.05, 3.63) is 0 Å². The number of likely N-dealkylation sites (N-methyl/N-ethyl adjacent to an activating group) is 1. The third-order valence-corrected chi connectivity index (χ3v) is 4.64. The Morgan fingerprint density at radius 1 is 1.25 bits per heavy atom. The second-order valence-electron chi connectivity index (χ2n) is 6.16. The molecule has 0 spiro atoms. The van der Waals surface area contributed by atoms with E-state index in [1.807, 2.05) is 4.90 Å². The number of carbonyl (C=O) groups excluding carboxylic acids is 1. The van der Waals surface area contributed by atoms with Gasteiger partial charge in [-0.3, -0.25) is 0 Å². The van der Waals surface area contributed by atoms with Crippen molar-refractivity contribution in [3.8, 4) is 0 Å². The first-order valence-electron chi connectivity index (χ1n) is 7.80. The Bertz CT molecular complexity index is 346. The molecule has 20 heavy (non-hydrogen) atoms. The molecule has 0 aromatic rings. The number of amides is 2. The van der Waals surface area contributed by atoms with Gasteiger partial charge >= 0.3 is 6.03 Å². The van der Waals surface area contributed by atoms with E-state index >= 15 is 0 Å². The fourth-order valence-corrected chi connectivity index (χ4v) is 3.45. The Hall–Kier alpha value is -0.850. The highest BCUT2D eigenvalue weighted by atomic mass is 16.5. The van der Waals surface area contributed by atoms with Gasteiger partial charge in [0.15, 0.2) is 0 Å². The molecule has 3 heterocycles. The highest BCUT2D eigenvalue weighted by Crippen LogP contribution is 2.19. The van der Waals surface area contributed by atoms with Crippen LogP contribution in [0.3, 0.4) is 0 Å². The van der Waals surface area contributed by atoms with Crippen LogP contribution in [-0.2, 0) is 4.74 Å². The summed E-state index contributed by atoms with van der Waals surface area (Å²) in [6, 6.07) is 0.650. The number of urea groups is 1. The summed E-state index contributed by atoms with van der Waals surface area (Å²) in [4.78, 5) is 18.9. The number of hydrogen-bond donors (Lipinski definition) is 1. The van der Waals surface area contributed by atoms with Crippen molar-refractivity contribution in [2.75, 3.05) is 59.5 Å². The number of piperidine rings is 1. The zero-order chi connectivity index (χ0) is 13.9. The first kappa shape index (κ1) is 14.1. The van der Waals surface area contributed by atoms with E-state index in [-0.39, 0.29) is 12.1 Å². The Labute approximate surface area is 121 Å². The summed E-state index contributed by atoms with van der Waals surface area (Å²) in [5, 5.41) is 3.36. The zero-order valence-electron chi connectivity index (χ0n) is 12.4. The van der Waals surface area contributed by atoms with Crippen molar-refractivity contribution >= 4 is 6.03 Å². The summed E-state index contributed by atoms with van der Waals surface area (Å²) in [6.07, 6.45) is 2.34. The van der Waals surface area contributed by atoms with Crippen LogP contribution in [-0.4, -0.2) is 92.3 Å². The quantitative estimate of drug-likeness (QED) is 0.779. The average molecular weight is 282 g/mol. The van der Waals surface area contributed by atoms with E-state index in [1.54, 1.807) is 0 Å². The molecule has 1 unspecified atom stereocenters. The van der Waals surface area contributed by atoms with E-state index in [9.17, 15) is 4.79 Å². The maximum Gasteiger partial charge on any atom is 0.320 e. The van der Waals surface area contributed by atoms with Gasteiger partial charge in [-0.05, 0) is 33.0 Å². The van der Waals surface area contributed by atoms with Gasteiger partial charge in [-0.1, -0.05) is 0 Å². The van der Waals surface area contributed by atoms with E-state index in [2.05, 4.69) is 22.2 Å². The van der Waals surface area contributed by atoms with Gasteiger partial charge in [0.2, 0.25) is 0 Å². The molecule has 3 aliphatic rings. The standard InChI is InChI=1S/C14H26N4O2/c1-16-8-9-20-13(10-16)11-17-6-7-18(14(17)19)12-2-4-15-5-3-12/h12-13,15H,2-11H2,1H3. The lowest BCUT2D eigenvalue weighted by Crippen LogP contribution is -2.48. The van der Waals surface area contributed by atoms with Gasteiger partial charge in [-0.2, -0.15) is 0 Å². The monoisotopic (exact) mass is 282 g/mol. The number of rotatable bonds is 3. The summed E-state index contributed by atoms with van der Waals surface area (Å²) in [5.74, 6) is 0. The minimum atomic E-state index is 0.172. The van der Waals surface area contributed by atoms with Crippen LogP contribution in [0.5, 0.6) is 0 Å². The molecule has 6 nitrogen and oxygen atoms in total. The normalized spacial score (nSPS) is 30.2. The summed E-state index contributed by atoms with van der Waals surface area (Å²) >= 11 is 0. The van der Waals surface area contributed by atoms with Gasteiger partial charge in [0, 0.05) is 38.8 Å². The minimum absolute atomic E-state index is 0.172. The maximum atomic E-state index is 12.5. The van der Waals surface area contributed by atoms with Gasteiger partial charge in [0.1, 0.15) is 0 Å². The summed E-state index contributed by atoms with van der Waals surface area (Å²) in [5.41, 5.74) is 0. The highest BCUT2D eigenvalue weighted by Gasteiger charge is 2.35. The van der Waals surface area contributed by atoms with Crippen molar-refractivity contribution in [1.82, 2.24) is 20.0 Å². The molecule has 3 fully saturated rings. The van der Waals surface area contributed by atoms with Crippen LogP contribution >= 0.6 is 0 Å². The predicted molar refractivity (Wildman–Crippen MR) is 76.8 cm³/mol. The van der Waals surface area contributed by atoms with E-state index in [0.29, 0.717) is 6.04 Å². The Balaban J connectivity index is 1.52. The molecule has 0 bridgehead atoms. The molecule has 3 saturated heterocycles. The Morgan fingerprint density at radius 2 is 2.05 bits per heavy atom. The molecule has 3 rings (SSSR count). The molecule has 0 aromatic heterocycles. The molecule has 0 saturated carbocycles. The van der Waals surface area contributed by atoms with Crippen LogP contribution in [0.15, 0.2) is 0 Å².